The Morgan fingerprint density at radius 1 is 0.250 bits per heavy atom. The molecule has 0 fully saturated rings. The number of aliphatic hydroxyl groups is 6. The third-order valence-corrected chi connectivity index (χ3v) is 22.8. The summed E-state index contributed by atoms with van der Waals surface area (Å²) < 4.78 is 39.0. The van der Waals surface area contributed by atoms with E-state index in [1.54, 1.807) is 21.3 Å². The minimum atomic E-state index is -0.689. The zero-order chi connectivity index (χ0) is 93.5. The van der Waals surface area contributed by atoms with Crippen LogP contribution in [0.4, 0.5) is 0 Å². The van der Waals surface area contributed by atoms with Crippen LogP contribution in [0.1, 0.15) is 490 Å². The monoisotopic (exact) mass is 1780 g/mol. The number of hydrogen-bond acceptors (Lipinski definition) is 20. The van der Waals surface area contributed by atoms with Crippen molar-refractivity contribution in [1.82, 2.24) is 0 Å². The largest absolute Gasteiger partial charge is 0.481 e. The first kappa shape index (κ1) is 131. The second-order valence-corrected chi connectivity index (χ2v) is 34.1. The molecule has 21 heteroatoms. The van der Waals surface area contributed by atoms with Crippen LogP contribution in [-0.2, 0) is 66.7 Å². The molecule has 124 heavy (non-hydrogen) atoms. The Hall–Kier alpha value is -4.06. The van der Waals surface area contributed by atoms with Gasteiger partial charge in [-0.05, 0) is 135 Å². The molecule has 0 saturated carbocycles. The predicted molar refractivity (Wildman–Crippen MR) is 512 cm³/mol. The van der Waals surface area contributed by atoms with Gasteiger partial charge < -0.3 is 73.6 Å². The molecule has 0 aliphatic carbocycles. The van der Waals surface area contributed by atoms with Gasteiger partial charge in [-0.1, -0.05) is 341 Å². The van der Waals surface area contributed by atoms with E-state index in [1.165, 1.54) is 190 Å². The molecule has 0 bridgehead atoms. The lowest BCUT2D eigenvalue weighted by atomic mass is 9.99. The van der Waals surface area contributed by atoms with E-state index in [2.05, 4.69) is 75.7 Å². The maximum atomic E-state index is 11.0. The maximum absolute atomic E-state index is 11.0. The molecule has 0 aliphatic heterocycles. The van der Waals surface area contributed by atoms with Crippen LogP contribution in [0.2, 0.25) is 0 Å². The molecular weight excluding hydrogens is 1570 g/mol. The Bertz CT molecular complexity index is 2210. The van der Waals surface area contributed by atoms with Crippen molar-refractivity contribution in [2.45, 2.75) is 539 Å². The number of carbonyl (C=O) groups is 6. The topological polar surface area (TPSA) is 318 Å². The summed E-state index contributed by atoms with van der Waals surface area (Å²) >= 11 is 0. The molecule has 0 aliphatic rings. The molecule has 8 atom stereocenters. The van der Waals surface area contributed by atoms with E-state index < -0.39 is 5.97 Å². The number of aliphatic hydroxyl groups excluding tert-OH is 6. The first-order chi connectivity index (χ1) is 60.1. The molecule has 8 unspecified atom stereocenters. The van der Waals surface area contributed by atoms with Gasteiger partial charge in [-0.15, -0.1) is 0 Å². The van der Waals surface area contributed by atoms with Gasteiger partial charge in [0.15, 0.2) is 0 Å². The van der Waals surface area contributed by atoms with Gasteiger partial charge in [0.1, 0.15) is 0 Å². The second-order valence-electron chi connectivity index (χ2n) is 34.1. The van der Waals surface area contributed by atoms with Crippen LogP contribution in [0, 0.1) is 0 Å². The average Bonchev–Trinajstić information content (AvgIpc) is 0.955. The molecule has 0 spiro atoms. The molecule has 0 rings (SSSR count). The van der Waals surface area contributed by atoms with Crippen LogP contribution in [0.5, 0.6) is 0 Å². The van der Waals surface area contributed by atoms with Crippen LogP contribution < -0.4 is 0 Å². The lowest BCUT2D eigenvalue weighted by Crippen LogP contribution is -2.27. The Balaban J connectivity index is -0.000000339. The summed E-state index contributed by atoms with van der Waals surface area (Å²) in [6.45, 7) is 11.0. The number of rotatable bonds is 85. The van der Waals surface area contributed by atoms with Crippen LogP contribution in [0.3, 0.4) is 0 Å². The minimum Gasteiger partial charge on any atom is -0.481 e. The number of unbranched alkanes of at least 4 members (excludes halogenated alkanes) is 44. The number of allylic oxidation sites excluding steroid dienone is 2. The minimum absolute atomic E-state index is 0.00526. The predicted octanol–water partition coefficient (Wildman–Crippen LogP) is 25.6. The van der Waals surface area contributed by atoms with E-state index in [1.807, 2.05) is 6.92 Å². The number of aliphatic carboxylic acids is 1. The summed E-state index contributed by atoms with van der Waals surface area (Å²) in [5, 5.41) is 66.9. The fourth-order valence-electron chi connectivity index (χ4n) is 14.3. The molecule has 0 aromatic rings. The van der Waals surface area contributed by atoms with E-state index in [-0.39, 0.29) is 85.3 Å². The van der Waals surface area contributed by atoms with E-state index >= 15 is 0 Å². The van der Waals surface area contributed by atoms with Gasteiger partial charge >= 0.3 is 35.8 Å². The van der Waals surface area contributed by atoms with Gasteiger partial charge in [0.2, 0.25) is 0 Å². The molecule has 0 aromatic heterocycles. The van der Waals surface area contributed by atoms with E-state index in [0.29, 0.717) is 38.5 Å². The highest BCUT2D eigenvalue weighted by molar-refractivity contribution is 5.70. The molecule has 7 N–H and O–H groups in total. The molecule has 0 radical (unpaired) electrons. The summed E-state index contributed by atoms with van der Waals surface area (Å²) in [5.74, 6) is -1.25. The normalized spacial score (nSPS) is 13.0. The number of hydrogen-bond donors (Lipinski definition) is 7. The van der Waals surface area contributed by atoms with Gasteiger partial charge in [0, 0.05) is 59.9 Å². The number of ether oxygens (including phenoxy) is 8. The van der Waals surface area contributed by atoms with Gasteiger partial charge in [0.25, 0.3) is 0 Å². The Labute approximate surface area is 761 Å². The number of carboxylic acid groups (broad SMARTS) is 1. The van der Waals surface area contributed by atoms with E-state index in [0.717, 1.165) is 263 Å². The Kier molecular flexibility index (Phi) is 117. The highest BCUT2D eigenvalue weighted by Crippen LogP contribution is 2.22. The lowest BCUT2D eigenvalue weighted by Gasteiger charge is -2.21. The van der Waals surface area contributed by atoms with E-state index in [9.17, 15) is 54.3 Å². The van der Waals surface area contributed by atoms with Crippen molar-refractivity contribution in [2.75, 3.05) is 63.5 Å². The zero-order valence-corrected chi connectivity index (χ0v) is 82.7. The van der Waals surface area contributed by atoms with Crippen LogP contribution in [0.25, 0.3) is 0 Å². The number of methoxy groups -OCH3 is 8. The quantitative estimate of drug-likeness (QED) is 0.0129. The molecule has 0 saturated heterocycles. The molecule has 0 heterocycles. The lowest BCUT2D eigenvalue weighted by molar-refractivity contribution is -0.141. The summed E-state index contributed by atoms with van der Waals surface area (Å²) in [6.07, 6.45) is 81.9. The molecule has 0 amide bonds. The van der Waals surface area contributed by atoms with Crippen LogP contribution in [-0.4, -0.2) is 184 Å². The first-order valence-corrected chi connectivity index (χ1v) is 50.6. The molecule has 0 aromatic carbocycles. The van der Waals surface area contributed by atoms with Gasteiger partial charge in [-0.2, -0.15) is 0 Å². The first-order valence-electron chi connectivity index (χ1n) is 50.6. The van der Waals surface area contributed by atoms with Crippen molar-refractivity contribution in [3.8, 4) is 0 Å². The van der Waals surface area contributed by atoms with Crippen LogP contribution in [0.15, 0.2) is 24.3 Å². The number of carboxylic acids is 1. The van der Waals surface area contributed by atoms with E-state index in [4.69, 9.17) is 24.4 Å². The van der Waals surface area contributed by atoms with Gasteiger partial charge in [0.05, 0.1) is 91.0 Å². The van der Waals surface area contributed by atoms with Crippen molar-refractivity contribution < 1.29 is 102 Å². The van der Waals surface area contributed by atoms with Crippen LogP contribution >= 0.6 is 0 Å². The smallest absolute Gasteiger partial charge is 0.305 e. The average molecular weight is 1780 g/mol. The molecule has 21 nitrogen and oxygen atoms in total. The Morgan fingerprint density at radius 3 is 0.726 bits per heavy atom. The molecular formula is C103H202O21. The second kappa shape index (κ2) is 111. The summed E-state index contributed by atoms with van der Waals surface area (Å²) in [4.78, 5) is 64.9. The highest BCUT2D eigenvalue weighted by atomic mass is 16.5. The standard InChI is InChI=1S/2C20H40O4.C19H36O3.C18H34O3.C13H26O4.C13H26O3/c1-4-5-6-7-10-13-16-19(23-2)18(21)15-12-9-8-11-14-17-20(22)24-3;1-4-5-6-7-9-12-15-18(21)19(23-2)16-13-10-8-11-14-17-20(22)24-3;1-3-4-5-12-15-18(20)16-13-10-8-6-7-9-11-14-17-19(21)22-2;1-2-3-4-11-14-17(19)15-12-9-7-5-6-8-10-13-16-18(20)21;1-16-12(11-14)9-7-5-3-4-6-8-10-13(15)17-2;1-3-12(14)10-8-6-4-5-7-9-11-13(15)16-2/h2*18-19,21H,4-17H2,1-3H3;10,13,18,20H,3-9,11-12,14-17H2,1-2H3;9,12,17,19H,2-8,10-11,13-16H2,1H3,(H,20,21);12,14H,3-11H2,1-2H3;12,14H,3-11H2,1-2H3/b;;13-10-;12-9-;;. The summed E-state index contributed by atoms with van der Waals surface area (Å²) in [7, 11) is 12.2. The van der Waals surface area contributed by atoms with Gasteiger partial charge in [-0.25, -0.2) is 0 Å². The summed E-state index contributed by atoms with van der Waals surface area (Å²) in [5.41, 5.74) is 0. The van der Waals surface area contributed by atoms with Gasteiger partial charge in [-0.3, -0.25) is 28.8 Å². The number of carbonyl (C=O) groups excluding carboxylic acids is 5. The van der Waals surface area contributed by atoms with Crippen molar-refractivity contribution in [2.24, 2.45) is 0 Å². The third-order valence-electron chi connectivity index (χ3n) is 22.8. The van der Waals surface area contributed by atoms with Crippen molar-refractivity contribution in [3.05, 3.63) is 24.3 Å². The third kappa shape index (κ3) is 112. The summed E-state index contributed by atoms with van der Waals surface area (Å²) in [6, 6.07) is 0. The maximum Gasteiger partial charge on any atom is 0.305 e. The SMILES string of the molecule is CCC(O)CCCCCCCCC(=O)OC.CCCCCCC(O)C/C=C\CCCCCCCC(=O)O.CCCCCCC(O)C/C=C\CCCCCCCC(=O)OC.CCCCCCCCC(O)C(CCCCCCCC(=O)OC)OC.CCCCCCCCC(OC)C(O)CCCCCCCC(=O)OC.COC(=O)CCCCCCCCC(CO)OC. The fraction of sp³-hybridized carbons (Fsp3) is 0.903. The number of esters is 5. The van der Waals surface area contributed by atoms with Crippen molar-refractivity contribution in [3.63, 3.8) is 0 Å². The highest BCUT2D eigenvalue weighted by Gasteiger charge is 2.20. The van der Waals surface area contributed by atoms with Crippen molar-refractivity contribution >= 4 is 35.8 Å². The molecule has 740 valence electrons. The fourth-order valence-corrected chi connectivity index (χ4v) is 14.3. The Morgan fingerprint density at radius 2 is 0.476 bits per heavy atom. The van der Waals surface area contributed by atoms with Crippen molar-refractivity contribution in [1.29, 1.82) is 0 Å². The zero-order valence-electron chi connectivity index (χ0n) is 82.7.